The zero-order valence-electron chi connectivity index (χ0n) is 12.8. The Morgan fingerprint density at radius 2 is 1.60 bits per heavy atom. The minimum atomic E-state index is -2.84. The first kappa shape index (κ1) is 15.7. The number of nitrogens with one attached hydrogen (secondary N) is 1. The topological polar surface area (TPSA) is 46.2 Å². The Morgan fingerprint density at radius 1 is 0.920 bits per heavy atom. The van der Waals surface area contributed by atoms with Crippen LogP contribution >= 0.6 is 11.3 Å². The van der Waals surface area contributed by atoms with Crippen LogP contribution in [0.15, 0.2) is 60.0 Å². The molecule has 0 saturated heterocycles. The Bertz CT molecular complexity index is 1000. The Kier molecular flexibility index (Phi) is 3.51. The molecule has 0 saturated carbocycles. The van der Waals surface area contributed by atoms with E-state index < -0.39 is 23.2 Å². The van der Waals surface area contributed by atoms with Crippen molar-refractivity contribution in [1.82, 2.24) is 0 Å². The SMILES string of the molecule is O=C1Nc2scc(-c3ccccc3F)c2C(=O)C1(F)c1ccccc1. The second-order valence-electron chi connectivity index (χ2n) is 5.64. The summed E-state index contributed by atoms with van der Waals surface area (Å²) in [5, 5.41) is 4.24. The maximum Gasteiger partial charge on any atom is 0.275 e. The summed E-state index contributed by atoms with van der Waals surface area (Å²) >= 11 is 1.07. The average Bonchev–Trinajstić information content (AvgIpc) is 3.04. The van der Waals surface area contributed by atoms with Gasteiger partial charge in [0.1, 0.15) is 10.8 Å². The maximum absolute atomic E-state index is 15.6. The molecule has 0 radical (unpaired) electrons. The molecular formula is C19H11F2NO2S. The van der Waals surface area contributed by atoms with E-state index in [0.29, 0.717) is 0 Å². The Hall–Kier alpha value is -2.86. The van der Waals surface area contributed by atoms with Gasteiger partial charge in [-0.3, -0.25) is 9.59 Å². The second-order valence-corrected chi connectivity index (χ2v) is 6.52. The number of alkyl halides is 1. The Morgan fingerprint density at radius 3 is 2.32 bits per heavy atom. The van der Waals surface area contributed by atoms with Crippen LogP contribution in [-0.2, 0) is 10.5 Å². The van der Waals surface area contributed by atoms with Crippen LogP contribution in [0.4, 0.5) is 13.8 Å². The number of hydrogen-bond acceptors (Lipinski definition) is 3. The molecule has 2 heterocycles. The molecule has 0 fully saturated rings. The molecule has 0 aliphatic carbocycles. The Labute approximate surface area is 145 Å². The highest BCUT2D eigenvalue weighted by atomic mass is 32.1. The van der Waals surface area contributed by atoms with Crippen LogP contribution < -0.4 is 5.32 Å². The van der Waals surface area contributed by atoms with Crippen molar-refractivity contribution in [2.45, 2.75) is 5.67 Å². The fourth-order valence-corrected chi connectivity index (χ4v) is 3.90. The highest BCUT2D eigenvalue weighted by Gasteiger charge is 2.53. The van der Waals surface area contributed by atoms with Gasteiger partial charge in [-0.2, -0.15) is 0 Å². The predicted octanol–water partition coefficient (Wildman–Crippen LogP) is 4.55. The molecule has 1 amide bonds. The fraction of sp³-hybridized carbons (Fsp3) is 0.0526. The zero-order valence-corrected chi connectivity index (χ0v) is 13.6. The number of halogens is 2. The summed E-state index contributed by atoms with van der Waals surface area (Å²) in [5.41, 5.74) is -2.41. The molecule has 0 spiro atoms. The van der Waals surface area contributed by atoms with E-state index in [2.05, 4.69) is 5.32 Å². The van der Waals surface area contributed by atoms with E-state index in [1.54, 1.807) is 29.6 Å². The van der Waals surface area contributed by atoms with Gasteiger partial charge in [-0.15, -0.1) is 11.3 Å². The number of Topliss-reactive ketones (excluding diaryl/α,β-unsaturated/α-hetero) is 1. The molecule has 0 bridgehead atoms. The van der Waals surface area contributed by atoms with Gasteiger partial charge in [0.2, 0.25) is 5.78 Å². The van der Waals surface area contributed by atoms with Gasteiger partial charge >= 0.3 is 0 Å². The van der Waals surface area contributed by atoms with Gasteiger partial charge in [0.05, 0.1) is 5.56 Å². The van der Waals surface area contributed by atoms with E-state index >= 15 is 4.39 Å². The first-order valence-corrected chi connectivity index (χ1v) is 8.38. The quantitative estimate of drug-likeness (QED) is 0.685. The van der Waals surface area contributed by atoms with Crippen molar-refractivity contribution in [2.75, 3.05) is 5.32 Å². The molecule has 1 unspecified atom stereocenters. The van der Waals surface area contributed by atoms with E-state index in [1.165, 1.54) is 30.3 Å². The number of thiophene rings is 1. The monoisotopic (exact) mass is 355 g/mol. The van der Waals surface area contributed by atoms with Gasteiger partial charge in [0.25, 0.3) is 11.6 Å². The molecule has 2 aromatic carbocycles. The van der Waals surface area contributed by atoms with Crippen molar-refractivity contribution in [1.29, 1.82) is 0 Å². The van der Waals surface area contributed by atoms with E-state index in [-0.39, 0.29) is 27.3 Å². The van der Waals surface area contributed by atoms with Crippen molar-refractivity contribution in [3.63, 3.8) is 0 Å². The lowest BCUT2D eigenvalue weighted by Crippen LogP contribution is -2.47. The van der Waals surface area contributed by atoms with E-state index in [4.69, 9.17) is 0 Å². The number of ketones is 1. The molecule has 3 aromatic rings. The number of rotatable bonds is 2. The molecule has 124 valence electrons. The predicted molar refractivity (Wildman–Crippen MR) is 91.9 cm³/mol. The van der Waals surface area contributed by atoms with Crippen molar-refractivity contribution in [3.05, 3.63) is 76.9 Å². The van der Waals surface area contributed by atoms with Gasteiger partial charge in [-0.25, -0.2) is 8.78 Å². The third-order valence-electron chi connectivity index (χ3n) is 4.21. The van der Waals surface area contributed by atoms with Crippen molar-refractivity contribution in [2.24, 2.45) is 0 Å². The number of benzene rings is 2. The van der Waals surface area contributed by atoms with Gasteiger partial charge in [-0.1, -0.05) is 48.5 Å². The molecule has 1 aromatic heterocycles. The maximum atomic E-state index is 15.6. The van der Waals surface area contributed by atoms with Crippen molar-refractivity contribution < 1.29 is 18.4 Å². The summed E-state index contributed by atoms with van der Waals surface area (Å²) in [5.74, 6) is -2.52. The zero-order chi connectivity index (χ0) is 17.6. The highest BCUT2D eigenvalue weighted by Crippen LogP contribution is 2.45. The lowest BCUT2D eigenvalue weighted by Gasteiger charge is -2.28. The van der Waals surface area contributed by atoms with Gasteiger partial charge in [0, 0.05) is 22.1 Å². The van der Waals surface area contributed by atoms with E-state index in [1.807, 2.05) is 0 Å². The number of fused-ring (bicyclic) bond motifs is 1. The molecule has 3 nitrogen and oxygen atoms in total. The largest absolute Gasteiger partial charge is 0.314 e. The number of carbonyl (C=O) groups excluding carboxylic acids is 2. The van der Waals surface area contributed by atoms with Crippen LogP contribution in [0.3, 0.4) is 0 Å². The van der Waals surface area contributed by atoms with Gasteiger partial charge < -0.3 is 5.32 Å². The summed E-state index contributed by atoms with van der Waals surface area (Å²) in [6.07, 6.45) is 0. The lowest BCUT2D eigenvalue weighted by atomic mass is 9.83. The third kappa shape index (κ3) is 2.21. The highest BCUT2D eigenvalue weighted by molar-refractivity contribution is 7.15. The molecule has 1 aliphatic heterocycles. The van der Waals surface area contributed by atoms with Crippen molar-refractivity contribution in [3.8, 4) is 11.1 Å². The minimum Gasteiger partial charge on any atom is -0.314 e. The van der Waals surface area contributed by atoms with E-state index in [9.17, 15) is 14.0 Å². The van der Waals surface area contributed by atoms with Crippen LogP contribution in [0.5, 0.6) is 0 Å². The minimum absolute atomic E-state index is 0.000975. The van der Waals surface area contributed by atoms with Crippen LogP contribution in [0.1, 0.15) is 15.9 Å². The molecule has 1 N–H and O–H groups in total. The molecule has 1 atom stereocenters. The first-order chi connectivity index (χ1) is 12.0. The normalized spacial score (nSPS) is 19.4. The van der Waals surface area contributed by atoms with Gasteiger partial charge in [-0.05, 0) is 6.07 Å². The molecule has 1 aliphatic rings. The third-order valence-corrected chi connectivity index (χ3v) is 5.10. The number of hydrogen-bond donors (Lipinski definition) is 1. The summed E-state index contributed by atoms with van der Waals surface area (Å²) in [6, 6.07) is 13.5. The second kappa shape index (κ2) is 5.60. The van der Waals surface area contributed by atoms with Crippen LogP contribution in [-0.4, -0.2) is 11.7 Å². The van der Waals surface area contributed by atoms with E-state index in [0.717, 1.165) is 11.3 Å². The smallest absolute Gasteiger partial charge is 0.275 e. The summed E-state index contributed by atoms with van der Waals surface area (Å²) in [4.78, 5) is 25.3. The lowest BCUT2D eigenvalue weighted by molar-refractivity contribution is -0.125. The summed E-state index contributed by atoms with van der Waals surface area (Å²) in [7, 11) is 0. The van der Waals surface area contributed by atoms with Crippen molar-refractivity contribution >= 4 is 28.0 Å². The summed E-state index contributed by atoms with van der Waals surface area (Å²) in [6.45, 7) is 0. The number of amides is 1. The van der Waals surface area contributed by atoms with Crippen LogP contribution in [0.2, 0.25) is 0 Å². The molecular weight excluding hydrogens is 344 g/mol. The Balaban J connectivity index is 1.92. The number of anilines is 1. The first-order valence-electron chi connectivity index (χ1n) is 7.50. The standard InChI is InChI=1S/C19H11F2NO2S/c20-14-9-5-4-8-12(14)13-10-25-17-15(13)16(23)19(21,18(24)22-17)11-6-2-1-3-7-11/h1-10H,(H,22,24). The molecule has 6 heteroatoms. The van der Waals surface area contributed by atoms with Gasteiger partial charge in [0.15, 0.2) is 0 Å². The average molecular weight is 355 g/mol. The molecule has 4 rings (SSSR count). The van der Waals surface area contributed by atoms with Crippen LogP contribution in [0.25, 0.3) is 11.1 Å². The number of carbonyl (C=O) groups is 2. The summed E-state index contributed by atoms with van der Waals surface area (Å²) < 4.78 is 29.7. The van der Waals surface area contributed by atoms with Crippen LogP contribution in [0, 0.1) is 5.82 Å². The fourth-order valence-electron chi connectivity index (χ4n) is 2.95. The molecule has 25 heavy (non-hydrogen) atoms.